The molecule has 19 heavy (non-hydrogen) atoms. The summed E-state index contributed by atoms with van der Waals surface area (Å²) < 4.78 is 0. The van der Waals surface area contributed by atoms with Crippen molar-refractivity contribution in [3.05, 3.63) is 35.9 Å². The molecule has 102 valence electrons. The number of amides is 2. The third-order valence-corrected chi connectivity index (χ3v) is 4.02. The number of hydrogen-bond donors (Lipinski definition) is 1. The molecule has 1 aliphatic rings. The molecule has 0 spiro atoms. The molecule has 1 saturated heterocycles. The molecular formula is C15H20N2O2. The summed E-state index contributed by atoms with van der Waals surface area (Å²) in [6.07, 6.45) is 0. The predicted octanol–water partition coefficient (Wildman–Crippen LogP) is 1.37. The lowest BCUT2D eigenvalue weighted by atomic mass is 9.99. The maximum absolute atomic E-state index is 12.1. The van der Waals surface area contributed by atoms with Gasteiger partial charge in [0.15, 0.2) is 0 Å². The number of nitrogens with two attached hydrogens (primary N) is 1. The van der Waals surface area contributed by atoms with Crippen LogP contribution in [0.2, 0.25) is 0 Å². The second-order valence-electron chi connectivity index (χ2n) is 5.21. The van der Waals surface area contributed by atoms with Crippen LogP contribution in [-0.4, -0.2) is 29.8 Å². The molecule has 2 rings (SSSR count). The highest BCUT2D eigenvalue weighted by Gasteiger charge is 2.42. The Bertz CT molecular complexity index is 452. The Kier molecular flexibility index (Phi) is 4.00. The van der Waals surface area contributed by atoms with Gasteiger partial charge in [-0.3, -0.25) is 14.5 Å². The first-order chi connectivity index (χ1) is 9.06. The molecular weight excluding hydrogens is 240 g/mol. The summed E-state index contributed by atoms with van der Waals surface area (Å²) in [6.45, 7) is 4.42. The van der Waals surface area contributed by atoms with Crippen LogP contribution in [0.15, 0.2) is 30.3 Å². The van der Waals surface area contributed by atoms with Gasteiger partial charge >= 0.3 is 0 Å². The van der Waals surface area contributed by atoms with Crippen LogP contribution >= 0.6 is 0 Å². The van der Waals surface area contributed by atoms with Gasteiger partial charge in [0, 0.05) is 30.8 Å². The average Bonchev–Trinajstić information content (AvgIpc) is 2.62. The van der Waals surface area contributed by atoms with E-state index in [-0.39, 0.29) is 29.6 Å². The first-order valence-corrected chi connectivity index (χ1v) is 6.66. The molecule has 1 aliphatic heterocycles. The summed E-state index contributed by atoms with van der Waals surface area (Å²) in [7, 11) is 0. The number of rotatable bonds is 4. The zero-order chi connectivity index (χ0) is 14.0. The SMILES string of the molecule is CC1C(=O)N(CC(CN)c2ccccc2)C(=O)C1C. The Hall–Kier alpha value is -1.68. The zero-order valence-electron chi connectivity index (χ0n) is 11.4. The largest absolute Gasteiger partial charge is 0.330 e. The number of benzene rings is 1. The van der Waals surface area contributed by atoms with E-state index in [1.807, 2.05) is 44.2 Å². The Morgan fingerprint density at radius 2 is 1.63 bits per heavy atom. The summed E-state index contributed by atoms with van der Waals surface area (Å²) in [5.74, 6) is -0.589. The third kappa shape index (κ3) is 2.54. The molecule has 0 aliphatic carbocycles. The molecule has 4 nitrogen and oxygen atoms in total. The van der Waals surface area contributed by atoms with E-state index in [0.717, 1.165) is 5.56 Å². The van der Waals surface area contributed by atoms with Crippen LogP contribution in [0, 0.1) is 11.8 Å². The van der Waals surface area contributed by atoms with Crippen molar-refractivity contribution in [2.24, 2.45) is 17.6 Å². The minimum absolute atomic E-state index is 0.00611. The second kappa shape index (κ2) is 5.53. The third-order valence-electron chi connectivity index (χ3n) is 4.02. The average molecular weight is 260 g/mol. The quantitative estimate of drug-likeness (QED) is 0.832. The minimum atomic E-state index is -0.221. The smallest absolute Gasteiger partial charge is 0.232 e. The summed E-state index contributed by atoms with van der Waals surface area (Å²) in [5, 5.41) is 0. The van der Waals surface area contributed by atoms with Crippen molar-refractivity contribution in [3.8, 4) is 0 Å². The van der Waals surface area contributed by atoms with Crippen LogP contribution in [0.25, 0.3) is 0 Å². The van der Waals surface area contributed by atoms with Crippen molar-refractivity contribution < 1.29 is 9.59 Å². The molecule has 2 N–H and O–H groups in total. The Balaban J connectivity index is 2.16. The number of hydrogen-bond acceptors (Lipinski definition) is 3. The van der Waals surface area contributed by atoms with Crippen molar-refractivity contribution in [2.45, 2.75) is 19.8 Å². The number of carbonyl (C=O) groups excluding carboxylic acids is 2. The first kappa shape index (κ1) is 13.7. The van der Waals surface area contributed by atoms with Gasteiger partial charge in [-0.05, 0) is 5.56 Å². The van der Waals surface area contributed by atoms with E-state index in [1.54, 1.807) is 0 Å². The van der Waals surface area contributed by atoms with Gasteiger partial charge < -0.3 is 5.73 Å². The van der Waals surface area contributed by atoms with Crippen molar-refractivity contribution in [2.75, 3.05) is 13.1 Å². The molecule has 0 bridgehead atoms. The van der Waals surface area contributed by atoms with Crippen LogP contribution in [0.4, 0.5) is 0 Å². The zero-order valence-corrected chi connectivity index (χ0v) is 11.4. The molecule has 1 aromatic rings. The van der Waals surface area contributed by atoms with E-state index < -0.39 is 0 Å². The van der Waals surface area contributed by atoms with Crippen LogP contribution in [-0.2, 0) is 9.59 Å². The van der Waals surface area contributed by atoms with Crippen LogP contribution in [0.3, 0.4) is 0 Å². The summed E-state index contributed by atoms with van der Waals surface area (Å²) in [5.41, 5.74) is 6.86. The molecule has 0 aromatic heterocycles. The molecule has 1 heterocycles. The van der Waals surface area contributed by atoms with Gasteiger partial charge in [-0.25, -0.2) is 0 Å². The van der Waals surface area contributed by atoms with Crippen molar-refractivity contribution >= 4 is 11.8 Å². The molecule has 1 fully saturated rings. The normalized spacial score (nSPS) is 24.9. The second-order valence-corrected chi connectivity index (χ2v) is 5.21. The fourth-order valence-corrected chi connectivity index (χ4v) is 2.47. The monoisotopic (exact) mass is 260 g/mol. The topological polar surface area (TPSA) is 63.4 Å². The predicted molar refractivity (Wildman–Crippen MR) is 73.3 cm³/mol. The van der Waals surface area contributed by atoms with Gasteiger partial charge in [0.05, 0.1) is 0 Å². The van der Waals surface area contributed by atoms with E-state index in [4.69, 9.17) is 5.73 Å². The van der Waals surface area contributed by atoms with E-state index in [0.29, 0.717) is 13.1 Å². The molecule has 3 atom stereocenters. The number of likely N-dealkylation sites (tertiary alicyclic amines) is 1. The molecule has 0 radical (unpaired) electrons. The summed E-state index contributed by atoms with van der Waals surface area (Å²) in [6, 6.07) is 9.78. The van der Waals surface area contributed by atoms with Gasteiger partial charge in [-0.1, -0.05) is 44.2 Å². The van der Waals surface area contributed by atoms with Crippen molar-refractivity contribution in [1.29, 1.82) is 0 Å². The lowest BCUT2D eigenvalue weighted by Gasteiger charge is -2.22. The van der Waals surface area contributed by atoms with Gasteiger partial charge in [0.25, 0.3) is 0 Å². The highest BCUT2D eigenvalue weighted by molar-refractivity contribution is 6.04. The maximum Gasteiger partial charge on any atom is 0.232 e. The van der Waals surface area contributed by atoms with Crippen LogP contribution in [0.1, 0.15) is 25.3 Å². The molecule has 1 aromatic carbocycles. The molecule has 4 heteroatoms. The fraction of sp³-hybridized carbons (Fsp3) is 0.467. The van der Waals surface area contributed by atoms with Gasteiger partial charge in [0.2, 0.25) is 11.8 Å². The van der Waals surface area contributed by atoms with E-state index in [1.165, 1.54) is 4.90 Å². The van der Waals surface area contributed by atoms with Gasteiger partial charge in [0.1, 0.15) is 0 Å². The van der Waals surface area contributed by atoms with E-state index >= 15 is 0 Å². The Labute approximate surface area is 113 Å². The molecule has 0 saturated carbocycles. The van der Waals surface area contributed by atoms with Crippen molar-refractivity contribution in [1.82, 2.24) is 4.90 Å². The summed E-state index contributed by atoms with van der Waals surface area (Å²) >= 11 is 0. The van der Waals surface area contributed by atoms with E-state index in [2.05, 4.69) is 0 Å². The highest BCUT2D eigenvalue weighted by atomic mass is 16.2. The maximum atomic E-state index is 12.1. The standard InChI is InChI=1S/C15H20N2O2/c1-10-11(2)15(19)17(14(10)18)9-13(8-16)12-6-4-3-5-7-12/h3-7,10-11,13H,8-9,16H2,1-2H3. The molecule has 2 amide bonds. The molecule has 3 unspecified atom stereocenters. The van der Waals surface area contributed by atoms with E-state index in [9.17, 15) is 9.59 Å². The van der Waals surface area contributed by atoms with Crippen molar-refractivity contribution in [3.63, 3.8) is 0 Å². The summed E-state index contributed by atoms with van der Waals surface area (Å²) in [4.78, 5) is 25.5. The lowest BCUT2D eigenvalue weighted by Crippen LogP contribution is -2.36. The Morgan fingerprint density at radius 3 is 2.11 bits per heavy atom. The minimum Gasteiger partial charge on any atom is -0.330 e. The Morgan fingerprint density at radius 1 is 1.11 bits per heavy atom. The first-order valence-electron chi connectivity index (χ1n) is 6.66. The number of carbonyl (C=O) groups is 2. The van der Waals surface area contributed by atoms with Crippen LogP contribution in [0.5, 0.6) is 0 Å². The number of imide groups is 1. The fourth-order valence-electron chi connectivity index (χ4n) is 2.47. The van der Waals surface area contributed by atoms with Gasteiger partial charge in [-0.15, -0.1) is 0 Å². The highest BCUT2D eigenvalue weighted by Crippen LogP contribution is 2.27. The van der Waals surface area contributed by atoms with Crippen LogP contribution < -0.4 is 5.73 Å². The lowest BCUT2D eigenvalue weighted by molar-refractivity contribution is -0.140. The number of nitrogens with zero attached hydrogens (tertiary/aromatic N) is 1. The van der Waals surface area contributed by atoms with Gasteiger partial charge in [-0.2, -0.15) is 0 Å².